The number of likely N-dealkylation sites (tertiary alicyclic amines) is 1. The Balaban J connectivity index is 2.08. The molecule has 2 aromatic rings. The fourth-order valence-electron chi connectivity index (χ4n) is 3.34. The van der Waals surface area contributed by atoms with Crippen LogP contribution in [0.4, 0.5) is 4.79 Å². The van der Waals surface area contributed by atoms with Gasteiger partial charge in [-0.15, -0.1) is 0 Å². The number of benzene rings is 1. The minimum Gasteiger partial charge on any atom is -0.444 e. The van der Waals surface area contributed by atoms with Crippen molar-refractivity contribution in [2.45, 2.75) is 44.9 Å². The highest BCUT2D eigenvalue weighted by Crippen LogP contribution is 2.38. The number of carbonyl (C=O) groups excluding carboxylic acids is 1. The molecular formula is C18H24N4O2. The Labute approximate surface area is 142 Å². The van der Waals surface area contributed by atoms with Gasteiger partial charge in [0.2, 0.25) is 0 Å². The molecule has 0 aliphatic carbocycles. The molecule has 1 aromatic carbocycles. The third-order valence-electron chi connectivity index (χ3n) is 4.34. The molecule has 0 bridgehead atoms. The van der Waals surface area contributed by atoms with Crippen LogP contribution in [0.25, 0.3) is 10.9 Å². The van der Waals surface area contributed by atoms with Crippen LogP contribution in [0.2, 0.25) is 0 Å². The second-order valence-corrected chi connectivity index (χ2v) is 7.09. The van der Waals surface area contributed by atoms with Crippen LogP contribution in [0, 0.1) is 0 Å². The van der Waals surface area contributed by atoms with E-state index in [1.165, 1.54) is 0 Å². The maximum atomic E-state index is 12.8. The monoisotopic (exact) mass is 328 g/mol. The number of carbonyl (C=O) groups is 1. The molecular weight excluding hydrogens is 304 g/mol. The average Bonchev–Trinajstić information content (AvgIpc) is 2.98. The van der Waals surface area contributed by atoms with Crippen molar-refractivity contribution < 1.29 is 9.53 Å². The molecule has 0 saturated carbocycles. The van der Waals surface area contributed by atoms with Crippen molar-refractivity contribution in [3.63, 3.8) is 0 Å². The molecule has 3 rings (SSSR count). The van der Waals surface area contributed by atoms with Crippen LogP contribution >= 0.6 is 0 Å². The molecule has 1 aliphatic heterocycles. The summed E-state index contributed by atoms with van der Waals surface area (Å²) in [4.78, 5) is 23.4. The fourth-order valence-corrected chi connectivity index (χ4v) is 3.34. The van der Waals surface area contributed by atoms with Crippen LogP contribution in [-0.4, -0.2) is 40.2 Å². The van der Waals surface area contributed by atoms with E-state index in [4.69, 9.17) is 4.74 Å². The fraction of sp³-hybridized carbons (Fsp3) is 0.500. The second kappa shape index (κ2) is 6.02. The van der Waals surface area contributed by atoms with Gasteiger partial charge in [-0.3, -0.25) is 10.2 Å². The highest BCUT2D eigenvalue weighted by Gasteiger charge is 2.47. The van der Waals surface area contributed by atoms with Crippen LogP contribution in [0.1, 0.15) is 39.3 Å². The molecule has 128 valence electrons. The molecule has 0 radical (unpaired) electrons. The van der Waals surface area contributed by atoms with Gasteiger partial charge < -0.3 is 4.74 Å². The summed E-state index contributed by atoms with van der Waals surface area (Å²) in [7, 11) is 1.86. The molecule has 0 spiro atoms. The highest BCUT2D eigenvalue weighted by atomic mass is 16.6. The molecule has 6 nitrogen and oxygen atoms in total. The van der Waals surface area contributed by atoms with Crippen molar-refractivity contribution in [1.82, 2.24) is 20.2 Å². The summed E-state index contributed by atoms with van der Waals surface area (Å²) in [5.41, 5.74) is 0.477. The van der Waals surface area contributed by atoms with E-state index in [1.807, 2.05) is 52.1 Å². The van der Waals surface area contributed by atoms with Crippen molar-refractivity contribution in [2.24, 2.45) is 0 Å². The quantitative estimate of drug-likeness (QED) is 0.918. The molecule has 1 unspecified atom stereocenters. The third kappa shape index (κ3) is 2.82. The molecule has 1 fully saturated rings. The molecule has 1 N–H and O–H groups in total. The summed E-state index contributed by atoms with van der Waals surface area (Å²) in [5.74, 6) is 0. The summed E-state index contributed by atoms with van der Waals surface area (Å²) in [6.07, 6.45) is 2.90. The summed E-state index contributed by atoms with van der Waals surface area (Å²) >= 11 is 0. The first-order valence-electron chi connectivity index (χ1n) is 8.27. The number of fused-ring (bicyclic) bond motifs is 1. The van der Waals surface area contributed by atoms with E-state index in [0.717, 1.165) is 29.4 Å². The normalized spacial score (nSPS) is 21.2. The van der Waals surface area contributed by atoms with E-state index in [9.17, 15) is 4.79 Å². The number of rotatable bonds is 2. The standard InChI is InChI=1S/C18H24N4O2/c1-17(2,3)24-16(23)22-11-7-10-18(22,19-4)15-13-8-5-6-9-14(13)20-12-21-15/h5-6,8-9,12,19H,7,10-11H2,1-4H3. The Bertz CT molecular complexity index is 751. The minimum atomic E-state index is -0.676. The zero-order chi connectivity index (χ0) is 17.4. The maximum Gasteiger partial charge on any atom is 0.412 e. The zero-order valence-corrected chi connectivity index (χ0v) is 14.7. The van der Waals surface area contributed by atoms with E-state index < -0.39 is 11.3 Å². The van der Waals surface area contributed by atoms with E-state index >= 15 is 0 Å². The van der Waals surface area contributed by atoms with Crippen LogP contribution in [0.3, 0.4) is 0 Å². The molecule has 2 heterocycles. The number of hydrogen-bond donors (Lipinski definition) is 1. The maximum absolute atomic E-state index is 12.8. The van der Waals surface area contributed by atoms with Gasteiger partial charge in [0.1, 0.15) is 17.6 Å². The first-order valence-corrected chi connectivity index (χ1v) is 8.27. The predicted molar refractivity (Wildman–Crippen MR) is 92.4 cm³/mol. The first kappa shape index (κ1) is 16.6. The number of nitrogens with one attached hydrogen (secondary N) is 1. The molecule has 1 aromatic heterocycles. The Morgan fingerprint density at radius 3 is 2.75 bits per heavy atom. The highest BCUT2D eigenvalue weighted by molar-refractivity contribution is 5.82. The van der Waals surface area contributed by atoms with Gasteiger partial charge in [0.05, 0.1) is 11.2 Å². The topological polar surface area (TPSA) is 67.4 Å². The van der Waals surface area contributed by atoms with Crippen molar-refractivity contribution >= 4 is 17.0 Å². The Hall–Kier alpha value is -2.21. The van der Waals surface area contributed by atoms with Gasteiger partial charge in [0.15, 0.2) is 0 Å². The van der Waals surface area contributed by atoms with Crippen LogP contribution in [0.15, 0.2) is 30.6 Å². The number of nitrogens with zero attached hydrogens (tertiary/aromatic N) is 3. The zero-order valence-electron chi connectivity index (χ0n) is 14.7. The Morgan fingerprint density at radius 2 is 2.04 bits per heavy atom. The van der Waals surface area contributed by atoms with Crippen molar-refractivity contribution in [2.75, 3.05) is 13.6 Å². The summed E-state index contributed by atoms with van der Waals surface area (Å²) in [5, 5.41) is 4.29. The van der Waals surface area contributed by atoms with Gasteiger partial charge in [-0.05, 0) is 46.7 Å². The first-order chi connectivity index (χ1) is 11.4. The third-order valence-corrected chi connectivity index (χ3v) is 4.34. The van der Waals surface area contributed by atoms with Crippen LogP contribution < -0.4 is 5.32 Å². The van der Waals surface area contributed by atoms with Crippen molar-refractivity contribution in [1.29, 1.82) is 0 Å². The number of amides is 1. The summed E-state index contributed by atoms with van der Waals surface area (Å²) < 4.78 is 5.62. The largest absolute Gasteiger partial charge is 0.444 e. The number of para-hydroxylation sites is 1. The summed E-state index contributed by atoms with van der Waals surface area (Å²) in [6.45, 7) is 6.26. The van der Waals surface area contributed by atoms with Crippen LogP contribution in [-0.2, 0) is 10.4 Å². The molecule has 1 amide bonds. The Morgan fingerprint density at radius 1 is 1.29 bits per heavy atom. The molecule has 6 heteroatoms. The second-order valence-electron chi connectivity index (χ2n) is 7.09. The van der Waals surface area contributed by atoms with Crippen molar-refractivity contribution in [3.05, 3.63) is 36.3 Å². The molecule has 1 saturated heterocycles. The van der Waals surface area contributed by atoms with E-state index in [2.05, 4.69) is 15.3 Å². The lowest BCUT2D eigenvalue weighted by molar-refractivity contribution is 0.000663. The van der Waals surface area contributed by atoms with E-state index in [1.54, 1.807) is 11.2 Å². The summed E-state index contributed by atoms with van der Waals surface area (Å²) in [6, 6.07) is 7.86. The van der Waals surface area contributed by atoms with E-state index in [0.29, 0.717) is 6.54 Å². The SMILES string of the molecule is CNC1(c2ncnc3ccccc23)CCCN1C(=O)OC(C)(C)C. The lowest BCUT2D eigenvalue weighted by Crippen LogP contribution is -2.55. The van der Waals surface area contributed by atoms with Gasteiger partial charge in [0, 0.05) is 11.9 Å². The van der Waals surface area contributed by atoms with Gasteiger partial charge in [-0.2, -0.15) is 0 Å². The lowest BCUT2D eigenvalue weighted by Gasteiger charge is -2.38. The number of hydrogen-bond acceptors (Lipinski definition) is 5. The average molecular weight is 328 g/mol. The van der Waals surface area contributed by atoms with Gasteiger partial charge in [-0.1, -0.05) is 18.2 Å². The number of ether oxygens (including phenoxy) is 1. The van der Waals surface area contributed by atoms with Gasteiger partial charge in [0.25, 0.3) is 0 Å². The van der Waals surface area contributed by atoms with Gasteiger partial charge in [-0.25, -0.2) is 14.8 Å². The van der Waals surface area contributed by atoms with Gasteiger partial charge >= 0.3 is 6.09 Å². The predicted octanol–water partition coefficient (Wildman–Crippen LogP) is 3.03. The number of aromatic nitrogens is 2. The van der Waals surface area contributed by atoms with Crippen LogP contribution in [0.5, 0.6) is 0 Å². The Kier molecular flexibility index (Phi) is 4.17. The molecule has 1 atom stereocenters. The smallest absolute Gasteiger partial charge is 0.412 e. The van der Waals surface area contributed by atoms with Crippen molar-refractivity contribution in [3.8, 4) is 0 Å². The van der Waals surface area contributed by atoms with E-state index in [-0.39, 0.29) is 6.09 Å². The molecule has 1 aliphatic rings. The molecule has 24 heavy (non-hydrogen) atoms. The lowest BCUT2D eigenvalue weighted by atomic mass is 9.98. The minimum absolute atomic E-state index is 0.322.